The molecular formula is C25H31FN4. The highest BCUT2D eigenvalue weighted by molar-refractivity contribution is 5.58. The summed E-state index contributed by atoms with van der Waals surface area (Å²) in [5.41, 5.74) is 2.37. The molecule has 158 valence electrons. The van der Waals surface area contributed by atoms with E-state index >= 15 is 0 Å². The van der Waals surface area contributed by atoms with Crippen LogP contribution in [-0.4, -0.2) is 43.2 Å². The summed E-state index contributed by atoms with van der Waals surface area (Å²) >= 11 is 0. The van der Waals surface area contributed by atoms with Gasteiger partial charge in [0.1, 0.15) is 11.6 Å². The molecule has 3 aliphatic heterocycles. The van der Waals surface area contributed by atoms with E-state index in [1.807, 2.05) is 12.3 Å². The van der Waals surface area contributed by atoms with Crippen molar-refractivity contribution in [1.82, 2.24) is 4.98 Å². The molecule has 0 spiro atoms. The van der Waals surface area contributed by atoms with Gasteiger partial charge in [0.15, 0.2) is 0 Å². The average Bonchev–Trinajstić information content (AvgIpc) is 3.36. The van der Waals surface area contributed by atoms with Crippen molar-refractivity contribution in [3.05, 3.63) is 48.4 Å². The molecule has 4 fully saturated rings. The highest BCUT2D eigenvalue weighted by Crippen LogP contribution is 2.40. The molecule has 6 rings (SSSR count). The zero-order valence-electron chi connectivity index (χ0n) is 17.6. The molecule has 4 heterocycles. The molecule has 0 N–H and O–H groups in total. The first-order valence-corrected chi connectivity index (χ1v) is 11.7. The fourth-order valence-electron chi connectivity index (χ4n) is 6.63. The van der Waals surface area contributed by atoms with Crippen molar-refractivity contribution in [1.29, 1.82) is 0 Å². The zero-order chi connectivity index (χ0) is 20.1. The number of piperidine rings is 2. The van der Waals surface area contributed by atoms with Crippen LogP contribution < -0.4 is 14.7 Å². The van der Waals surface area contributed by atoms with Gasteiger partial charge in [0.05, 0.1) is 12.1 Å². The van der Waals surface area contributed by atoms with E-state index in [0.717, 1.165) is 49.3 Å². The van der Waals surface area contributed by atoms with E-state index in [9.17, 15) is 4.39 Å². The van der Waals surface area contributed by atoms with Crippen molar-refractivity contribution in [3.8, 4) is 0 Å². The van der Waals surface area contributed by atoms with Crippen LogP contribution >= 0.6 is 0 Å². The van der Waals surface area contributed by atoms with E-state index in [2.05, 4.69) is 32.9 Å². The van der Waals surface area contributed by atoms with Gasteiger partial charge < -0.3 is 14.7 Å². The van der Waals surface area contributed by atoms with Crippen LogP contribution in [0.1, 0.15) is 38.5 Å². The van der Waals surface area contributed by atoms with E-state index in [1.165, 1.54) is 50.5 Å². The third kappa shape index (κ3) is 3.23. The Morgan fingerprint density at radius 1 is 0.833 bits per heavy atom. The van der Waals surface area contributed by atoms with E-state index in [4.69, 9.17) is 4.98 Å². The maximum absolute atomic E-state index is 13.8. The van der Waals surface area contributed by atoms with Crippen LogP contribution in [-0.2, 0) is 0 Å². The largest absolute Gasteiger partial charge is 0.371 e. The molecule has 4 aliphatic rings. The molecule has 3 saturated heterocycles. The molecule has 4 atom stereocenters. The van der Waals surface area contributed by atoms with Gasteiger partial charge in [0.25, 0.3) is 0 Å². The fraction of sp³-hybridized carbons (Fsp3) is 0.560. The molecule has 0 radical (unpaired) electrons. The highest BCUT2D eigenvalue weighted by Gasteiger charge is 2.41. The second-order valence-corrected chi connectivity index (χ2v) is 9.75. The lowest BCUT2D eigenvalue weighted by Crippen LogP contribution is -2.50. The minimum absolute atomic E-state index is 0.144. The Morgan fingerprint density at radius 3 is 2.50 bits per heavy atom. The zero-order valence-corrected chi connectivity index (χ0v) is 17.6. The number of anilines is 3. The smallest absolute Gasteiger partial charge is 0.130 e. The predicted molar refractivity (Wildman–Crippen MR) is 120 cm³/mol. The van der Waals surface area contributed by atoms with Crippen LogP contribution in [0.25, 0.3) is 0 Å². The van der Waals surface area contributed by atoms with Gasteiger partial charge in [-0.2, -0.15) is 0 Å². The predicted octanol–water partition coefficient (Wildman–Crippen LogP) is 4.70. The molecule has 2 bridgehead atoms. The minimum Gasteiger partial charge on any atom is -0.371 e. The standard InChI is InChI=1S/C25H31FN4/c26-20-3-1-4-22(14-20)29-11-2-5-23-24(29)9-12-30(23)25-15-21(8-10-27-25)28-16-18-6-7-19(13-18)17-28/h1,3-4,8,10,14-15,18-19,23-24H,2,5-7,9,11-13,16-17H2/t18?,19?,23-,24-/m1/s1. The lowest BCUT2D eigenvalue weighted by Gasteiger charge is -2.41. The molecular weight excluding hydrogens is 375 g/mol. The molecule has 1 aromatic heterocycles. The van der Waals surface area contributed by atoms with E-state index in [1.54, 1.807) is 6.07 Å². The Hall–Kier alpha value is -2.30. The van der Waals surface area contributed by atoms with E-state index < -0.39 is 0 Å². The van der Waals surface area contributed by atoms with Gasteiger partial charge in [-0.25, -0.2) is 9.37 Å². The first-order valence-electron chi connectivity index (χ1n) is 11.7. The Kier molecular flexibility index (Phi) is 4.58. The lowest BCUT2D eigenvalue weighted by molar-refractivity contribution is 0.421. The van der Waals surface area contributed by atoms with Gasteiger partial charge in [0, 0.05) is 49.8 Å². The maximum atomic E-state index is 13.8. The molecule has 4 nitrogen and oxygen atoms in total. The number of aromatic nitrogens is 1. The number of pyridine rings is 1. The number of hydrogen-bond donors (Lipinski definition) is 0. The van der Waals surface area contributed by atoms with Crippen LogP contribution in [0.15, 0.2) is 42.6 Å². The first-order chi connectivity index (χ1) is 14.7. The number of benzene rings is 1. The molecule has 2 aromatic rings. The van der Waals surface area contributed by atoms with Crippen molar-refractivity contribution in [2.24, 2.45) is 11.8 Å². The Balaban J connectivity index is 1.24. The Labute approximate surface area is 178 Å². The second kappa shape index (κ2) is 7.44. The summed E-state index contributed by atoms with van der Waals surface area (Å²) in [6.45, 7) is 4.46. The summed E-state index contributed by atoms with van der Waals surface area (Å²) in [5.74, 6) is 2.75. The van der Waals surface area contributed by atoms with E-state index in [-0.39, 0.29) is 5.82 Å². The third-order valence-corrected chi connectivity index (χ3v) is 7.94. The monoisotopic (exact) mass is 406 g/mol. The van der Waals surface area contributed by atoms with Crippen LogP contribution in [0, 0.1) is 17.7 Å². The second-order valence-electron chi connectivity index (χ2n) is 9.75. The third-order valence-electron chi connectivity index (χ3n) is 7.94. The molecule has 0 amide bonds. The van der Waals surface area contributed by atoms with Gasteiger partial charge >= 0.3 is 0 Å². The van der Waals surface area contributed by atoms with Crippen molar-refractivity contribution < 1.29 is 4.39 Å². The maximum Gasteiger partial charge on any atom is 0.130 e. The molecule has 5 heteroatoms. The molecule has 1 saturated carbocycles. The first kappa shape index (κ1) is 18.5. The van der Waals surface area contributed by atoms with Gasteiger partial charge in [-0.15, -0.1) is 0 Å². The SMILES string of the molecule is Fc1cccc(N2CCC[C@@H]3[C@H]2CCN3c2cc(N3CC4CCC(C4)C3)ccn2)c1. The van der Waals surface area contributed by atoms with Gasteiger partial charge in [-0.3, -0.25) is 0 Å². The average molecular weight is 407 g/mol. The summed E-state index contributed by atoms with van der Waals surface area (Å²) in [6.07, 6.45) is 9.69. The number of halogens is 1. The van der Waals surface area contributed by atoms with Crippen molar-refractivity contribution in [2.75, 3.05) is 40.9 Å². The summed E-state index contributed by atoms with van der Waals surface area (Å²) < 4.78 is 13.8. The molecule has 2 unspecified atom stereocenters. The normalized spacial score (nSPS) is 30.6. The van der Waals surface area contributed by atoms with Crippen LogP contribution in [0.2, 0.25) is 0 Å². The highest BCUT2D eigenvalue weighted by atomic mass is 19.1. The van der Waals surface area contributed by atoms with E-state index in [0.29, 0.717) is 12.1 Å². The Bertz CT molecular complexity index is 906. The van der Waals surface area contributed by atoms with Gasteiger partial charge in [-0.05, 0) is 74.6 Å². The van der Waals surface area contributed by atoms with Gasteiger partial charge in [-0.1, -0.05) is 6.07 Å². The van der Waals surface area contributed by atoms with Crippen molar-refractivity contribution in [2.45, 2.75) is 50.6 Å². The molecule has 30 heavy (non-hydrogen) atoms. The number of hydrogen-bond acceptors (Lipinski definition) is 4. The molecule has 1 aromatic carbocycles. The summed E-state index contributed by atoms with van der Waals surface area (Å²) in [7, 11) is 0. The minimum atomic E-state index is -0.144. The molecule has 1 aliphatic carbocycles. The summed E-state index contributed by atoms with van der Waals surface area (Å²) in [4.78, 5) is 12.4. The number of fused-ring (bicyclic) bond motifs is 3. The van der Waals surface area contributed by atoms with Crippen molar-refractivity contribution in [3.63, 3.8) is 0 Å². The summed E-state index contributed by atoms with van der Waals surface area (Å²) in [5, 5.41) is 0. The number of rotatable bonds is 3. The quantitative estimate of drug-likeness (QED) is 0.737. The Morgan fingerprint density at radius 2 is 1.67 bits per heavy atom. The number of nitrogens with zero attached hydrogens (tertiary/aromatic N) is 4. The van der Waals surface area contributed by atoms with Crippen LogP contribution in [0.3, 0.4) is 0 Å². The van der Waals surface area contributed by atoms with Crippen LogP contribution in [0.4, 0.5) is 21.6 Å². The fourth-order valence-corrected chi connectivity index (χ4v) is 6.63. The van der Waals surface area contributed by atoms with Gasteiger partial charge in [0.2, 0.25) is 0 Å². The van der Waals surface area contributed by atoms with Crippen molar-refractivity contribution >= 4 is 17.2 Å². The van der Waals surface area contributed by atoms with Crippen LogP contribution in [0.5, 0.6) is 0 Å². The lowest BCUT2D eigenvalue weighted by atomic mass is 9.96. The summed E-state index contributed by atoms with van der Waals surface area (Å²) in [6, 6.07) is 12.5. The topological polar surface area (TPSA) is 22.6 Å².